The second kappa shape index (κ2) is 4.81. The summed E-state index contributed by atoms with van der Waals surface area (Å²) < 4.78 is 2.65. The second-order valence-corrected chi connectivity index (χ2v) is 6.05. The normalized spacial score (nSPS) is 12.8. The van der Waals surface area contributed by atoms with Gasteiger partial charge in [-0.25, -0.2) is 9.48 Å². The van der Waals surface area contributed by atoms with E-state index < -0.39 is 5.97 Å². The molecule has 6 nitrogen and oxygen atoms in total. The Hall–Kier alpha value is -2.41. The number of H-pyrrole nitrogens is 1. The molecule has 22 heavy (non-hydrogen) atoms. The zero-order valence-electron chi connectivity index (χ0n) is 11.4. The summed E-state index contributed by atoms with van der Waals surface area (Å²) in [7, 11) is 0. The third kappa shape index (κ3) is 1.89. The van der Waals surface area contributed by atoms with Crippen molar-refractivity contribution in [1.82, 2.24) is 20.0 Å². The van der Waals surface area contributed by atoms with Gasteiger partial charge in [0.1, 0.15) is 0 Å². The van der Waals surface area contributed by atoms with Crippen molar-refractivity contribution in [2.24, 2.45) is 0 Å². The largest absolute Gasteiger partial charge is 0.476 e. The molecule has 2 heterocycles. The van der Waals surface area contributed by atoms with Crippen molar-refractivity contribution in [3.05, 3.63) is 51.9 Å². The lowest BCUT2D eigenvalue weighted by Crippen LogP contribution is -2.07. The summed E-state index contributed by atoms with van der Waals surface area (Å²) in [6.07, 6.45) is 3.12. The van der Waals surface area contributed by atoms with Crippen LogP contribution in [-0.4, -0.2) is 31.1 Å². The maximum Gasteiger partial charge on any atom is 0.356 e. The minimum atomic E-state index is -1.00. The maximum atomic E-state index is 11.5. The number of carboxylic acids is 1. The summed E-state index contributed by atoms with van der Waals surface area (Å²) >= 11 is 3.40. The quantitative estimate of drug-likeness (QED) is 0.737. The first kappa shape index (κ1) is 13.3. The summed E-state index contributed by atoms with van der Waals surface area (Å²) in [5, 5.41) is 20.8. The first-order valence-corrected chi connectivity index (χ1v) is 7.58. The predicted octanol–water partition coefficient (Wildman–Crippen LogP) is 2.82. The molecule has 7 heteroatoms. The Morgan fingerprint density at radius 2 is 2.05 bits per heavy atom. The number of nitrogens with zero attached hydrogens (tertiary/aromatic N) is 3. The molecule has 2 N–H and O–H groups in total. The van der Waals surface area contributed by atoms with E-state index in [-0.39, 0.29) is 5.69 Å². The lowest BCUT2D eigenvalue weighted by atomic mass is 9.94. The standard InChI is InChI=1S/C15H11BrN4O2/c16-8-1-3-9(4-2-8)20-14-10(13(19-20)15(21)22)5-6-12-11(14)7-17-18-12/h1-4,7H,5-6H2,(H,17,18)(H,21,22). The third-order valence-electron chi connectivity index (χ3n) is 3.86. The van der Waals surface area contributed by atoms with E-state index in [1.807, 2.05) is 24.3 Å². The van der Waals surface area contributed by atoms with Gasteiger partial charge in [0.2, 0.25) is 0 Å². The number of benzene rings is 1. The topological polar surface area (TPSA) is 83.8 Å². The molecule has 3 aromatic rings. The van der Waals surface area contributed by atoms with Crippen molar-refractivity contribution in [2.45, 2.75) is 12.8 Å². The summed E-state index contributed by atoms with van der Waals surface area (Å²) in [6.45, 7) is 0. The molecule has 0 fully saturated rings. The van der Waals surface area contributed by atoms with Crippen LogP contribution in [0, 0.1) is 0 Å². The van der Waals surface area contributed by atoms with E-state index in [2.05, 4.69) is 31.2 Å². The van der Waals surface area contributed by atoms with Gasteiger partial charge >= 0.3 is 5.97 Å². The van der Waals surface area contributed by atoms with E-state index in [4.69, 9.17) is 0 Å². The SMILES string of the molecule is O=C(O)c1nn(-c2ccc(Br)cc2)c2c1CCc1[nH]ncc1-2. The zero-order chi connectivity index (χ0) is 15.3. The van der Waals surface area contributed by atoms with Gasteiger partial charge in [0, 0.05) is 21.3 Å². The van der Waals surface area contributed by atoms with Crippen molar-refractivity contribution in [3.8, 4) is 16.9 Å². The molecular weight excluding hydrogens is 348 g/mol. The fourth-order valence-electron chi connectivity index (χ4n) is 2.86. The average Bonchev–Trinajstić information content (AvgIpc) is 3.11. The first-order chi connectivity index (χ1) is 10.6. The van der Waals surface area contributed by atoms with Crippen molar-refractivity contribution in [1.29, 1.82) is 0 Å². The van der Waals surface area contributed by atoms with E-state index in [0.717, 1.165) is 39.1 Å². The van der Waals surface area contributed by atoms with Crippen LogP contribution in [0.4, 0.5) is 0 Å². The summed E-state index contributed by atoms with van der Waals surface area (Å²) in [4.78, 5) is 11.5. The Morgan fingerprint density at radius 1 is 1.27 bits per heavy atom. The van der Waals surface area contributed by atoms with Crippen LogP contribution in [0.1, 0.15) is 21.7 Å². The van der Waals surface area contributed by atoms with E-state index in [9.17, 15) is 9.90 Å². The van der Waals surface area contributed by atoms with Gasteiger partial charge < -0.3 is 5.11 Å². The van der Waals surface area contributed by atoms with Gasteiger partial charge in [0.05, 0.1) is 17.6 Å². The number of hydrogen-bond donors (Lipinski definition) is 2. The number of carboxylic acid groups (broad SMARTS) is 1. The van der Waals surface area contributed by atoms with Crippen LogP contribution in [0.3, 0.4) is 0 Å². The molecule has 0 spiro atoms. The van der Waals surface area contributed by atoms with Crippen LogP contribution >= 0.6 is 15.9 Å². The highest BCUT2D eigenvalue weighted by Gasteiger charge is 2.29. The zero-order valence-corrected chi connectivity index (χ0v) is 13.0. The molecule has 0 aliphatic heterocycles. The summed E-state index contributed by atoms with van der Waals surface area (Å²) in [5.41, 5.74) is 4.46. The number of nitrogens with one attached hydrogen (secondary N) is 1. The van der Waals surface area contributed by atoms with Crippen LogP contribution in [-0.2, 0) is 12.8 Å². The number of aromatic nitrogens is 4. The van der Waals surface area contributed by atoms with Gasteiger partial charge in [-0.15, -0.1) is 0 Å². The molecule has 2 aromatic heterocycles. The van der Waals surface area contributed by atoms with Gasteiger partial charge in [-0.3, -0.25) is 5.10 Å². The number of aryl methyl sites for hydroxylation is 1. The third-order valence-corrected chi connectivity index (χ3v) is 4.38. The fourth-order valence-corrected chi connectivity index (χ4v) is 3.13. The number of aromatic carboxylic acids is 1. The molecule has 0 atom stereocenters. The minimum absolute atomic E-state index is 0.116. The summed E-state index contributed by atoms with van der Waals surface area (Å²) in [6, 6.07) is 7.61. The molecule has 1 aromatic carbocycles. The van der Waals surface area contributed by atoms with Crippen LogP contribution < -0.4 is 0 Å². The number of aromatic amines is 1. The lowest BCUT2D eigenvalue weighted by Gasteiger charge is -2.14. The molecule has 0 radical (unpaired) electrons. The number of halogens is 1. The van der Waals surface area contributed by atoms with Crippen molar-refractivity contribution in [2.75, 3.05) is 0 Å². The molecule has 110 valence electrons. The van der Waals surface area contributed by atoms with Crippen molar-refractivity contribution >= 4 is 21.9 Å². The fraction of sp³-hybridized carbons (Fsp3) is 0.133. The molecule has 4 rings (SSSR count). The van der Waals surface area contributed by atoms with E-state index in [1.54, 1.807) is 10.9 Å². The van der Waals surface area contributed by atoms with Gasteiger partial charge in [0.15, 0.2) is 5.69 Å². The van der Waals surface area contributed by atoms with Gasteiger partial charge in [-0.2, -0.15) is 10.2 Å². The molecule has 0 unspecified atom stereocenters. The van der Waals surface area contributed by atoms with Crippen LogP contribution in [0.25, 0.3) is 16.9 Å². The molecule has 1 aliphatic rings. The highest BCUT2D eigenvalue weighted by Crippen LogP contribution is 2.36. The lowest BCUT2D eigenvalue weighted by molar-refractivity contribution is 0.0689. The molecule has 0 saturated carbocycles. The molecule has 0 amide bonds. The van der Waals surface area contributed by atoms with E-state index in [0.29, 0.717) is 6.42 Å². The van der Waals surface area contributed by atoms with Crippen LogP contribution in [0.15, 0.2) is 34.9 Å². The van der Waals surface area contributed by atoms with Gasteiger partial charge in [-0.1, -0.05) is 15.9 Å². The number of fused-ring (bicyclic) bond motifs is 3. The smallest absolute Gasteiger partial charge is 0.356 e. The first-order valence-electron chi connectivity index (χ1n) is 6.79. The van der Waals surface area contributed by atoms with E-state index >= 15 is 0 Å². The van der Waals surface area contributed by atoms with Gasteiger partial charge in [0.25, 0.3) is 0 Å². The number of hydrogen-bond acceptors (Lipinski definition) is 3. The van der Waals surface area contributed by atoms with Crippen molar-refractivity contribution < 1.29 is 9.90 Å². The Bertz CT molecular complexity index is 880. The van der Waals surface area contributed by atoms with E-state index in [1.165, 1.54) is 0 Å². The highest BCUT2D eigenvalue weighted by molar-refractivity contribution is 9.10. The average molecular weight is 359 g/mol. The van der Waals surface area contributed by atoms with Gasteiger partial charge in [-0.05, 0) is 37.1 Å². The number of rotatable bonds is 2. The van der Waals surface area contributed by atoms with Crippen molar-refractivity contribution in [3.63, 3.8) is 0 Å². The molecular formula is C15H11BrN4O2. The minimum Gasteiger partial charge on any atom is -0.476 e. The Morgan fingerprint density at radius 3 is 2.77 bits per heavy atom. The molecule has 0 saturated heterocycles. The Labute approximate surface area is 133 Å². The molecule has 1 aliphatic carbocycles. The van der Waals surface area contributed by atoms with Crippen LogP contribution in [0.5, 0.6) is 0 Å². The molecule has 0 bridgehead atoms. The number of carbonyl (C=O) groups is 1. The highest BCUT2D eigenvalue weighted by atomic mass is 79.9. The Balaban J connectivity index is 2.00. The monoisotopic (exact) mass is 358 g/mol. The summed E-state index contributed by atoms with van der Waals surface area (Å²) in [5.74, 6) is -1.00. The predicted molar refractivity (Wildman–Crippen MR) is 83.2 cm³/mol. The van der Waals surface area contributed by atoms with Crippen LogP contribution in [0.2, 0.25) is 0 Å². The Kier molecular flexibility index (Phi) is 2.90. The second-order valence-electron chi connectivity index (χ2n) is 5.13. The maximum absolute atomic E-state index is 11.5.